The summed E-state index contributed by atoms with van der Waals surface area (Å²) in [6.45, 7) is 21.1. The molecule has 50 heteroatoms. The SMILES string of the molecule is CB(O)NCCCCC(C)C(=O)O.CCC(NC(=O)C(C)CNB(C)O)C(=O)O.CCNC(=O)C(CC)NC(=O)C(C)CNB(C)O.CCNC(=O)C(CC)NC(=O)C(CNB(C)O)NC(=O)CP=S.O=C(O)CNC(=O)C(CC(=O)O)NC(=O)C(CNC(=O)CNC(=O)CC1SCC2NC(=O)NC21)NC(=O)CP=S. The fourth-order valence-corrected chi connectivity index (χ4v) is 11.6. The number of likely N-dealkylation sites (N-methyl/N-ethyl adjacent to an activating group) is 2. The third kappa shape index (κ3) is 52.7. The molecule has 2 fully saturated rings. The summed E-state index contributed by atoms with van der Waals surface area (Å²) in [6.07, 6.45) is 2.91. The van der Waals surface area contributed by atoms with E-state index in [1.54, 1.807) is 62.0 Å². The van der Waals surface area contributed by atoms with Crippen LogP contribution in [-0.4, -0.2) is 294 Å². The van der Waals surface area contributed by atoms with E-state index in [2.05, 4.69) is 84.7 Å². The minimum Gasteiger partial charge on any atom is -0.481 e. The molecule has 0 saturated carbocycles. The van der Waals surface area contributed by atoms with Gasteiger partial charge in [0.25, 0.3) is 0 Å². The first kappa shape index (κ1) is 107. The van der Waals surface area contributed by atoms with Gasteiger partial charge in [0.2, 0.25) is 65.0 Å². The molecule has 2 aliphatic rings. The zero-order valence-electron chi connectivity index (χ0n) is 64.1. The van der Waals surface area contributed by atoms with E-state index in [1.165, 1.54) is 18.6 Å². The number of carboxylic acids is 4. The zero-order chi connectivity index (χ0) is 84.8. The second-order valence-corrected chi connectivity index (χ2v) is 28.9. The van der Waals surface area contributed by atoms with Crippen LogP contribution in [-0.2, 0) is 95.5 Å². The lowest BCUT2D eigenvalue weighted by molar-refractivity contribution is -0.142. The number of carbonyl (C=O) groups excluding carboxylic acids is 12. The van der Waals surface area contributed by atoms with Crippen LogP contribution in [0.15, 0.2) is 0 Å². The lowest BCUT2D eigenvalue weighted by Crippen LogP contribution is -2.58. The zero-order valence-corrected chi connectivity index (χ0v) is 68.3. The lowest BCUT2D eigenvalue weighted by atomic mass is 9.88. The maximum atomic E-state index is 12.8. The van der Waals surface area contributed by atoms with Crippen molar-refractivity contribution in [2.24, 2.45) is 17.8 Å². The Kier molecular flexibility index (Phi) is 60.4. The van der Waals surface area contributed by atoms with Crippen LogP contribution < -0.4 is 90.0 Å². The summed E-state index contributed by atoms with van der Waals surface area (Å²) < 4.78 is 0. The summed E-state index contributed by atoms with van der Waals surface area (Å²) in [5.74, 6) is -10.7. The van der Waals surface area contributed by atoms with Gasteiger partial charge < -0.3 is 131 Å². The number of unbranched alkanes of at least 4 members (excludes halogenated alkanes) is 1. The van der Waals surface area contributed by atoms with Gasteiger partial charge in [-0.2, -0.15) is 11.8 Å². The van der Waals surface area contributed by atoms with Crippen molar-refractivity contribution in [2.75, 3.05) is 77.0 Å². The molecule has 0 aromatic heterocycles. The Hall–Kier alpha value is -7.35. The maximum Gasteiger partial charge on any atom is 0.373 e. The molecule has 2 heterocycles. The molecule has 41 nitrogen and oxygen atoms in total. The second-order valence-electron chi connectivity index (χ2n) is 24.9. The Balaban J connectivity index is -0.00000140. The van der Waals surface area contributed by atoms with E-state index in [-0.39, 0.29) is 103 Å². The number of carboxylic acid groups (broad SMARTS) is 4. The highest BCUT2D eigenvalue weighted by molar-refractivity contribution is 8.00. The first-order valence-electron chi connectivity index (χ1n) is 35.6. The Morgan fingerprint density at radius 2 is 0.900 bits per heavy atom. The average Bonchev–Trinajstić information content (AvgIpc) is 1.66. The monoisotopic (exact) mass is 1660 g/mol. The third-order valence-electron chi connectivity index (χ3n) is 15.1. The molecule has 0 aromatic rings. The Labute approximate surface area is 659 Å². The summed E-state index contributed by atoms with van der Waals surface area (Å²) >= 11 is 10.9. The van der Waals surface area contributed by atoms with E-state index in [9.17, 15) is 81.7 Å². The van der Waals surface area contributed by atoms with E-state index in [0.717, 1.165) is 19.4 Å². The van der Waals surface area contributed by atoms with Crippen LogP contribution in [0.1, 0.15) is 107 Å². The fourth-order valence-electron chi connectivity index (χ4n) is 8.95. The van der Waals surface area contributed by atoms with E-state index >= 15 is 0 Å². The predicted octanol–water partition coefficient (Wildman–Crippen LogP) is -6.33. The van der Waals surface area contributed by atoms with Crippen molar-refractivity contribution in [1.82, 2.24) is 90.0 Å². The second kappa shape index (κ2) is 62.2. The van der Waals surface area contributed by atoms with Crippen molar-refractivity contribution in [1.29, 1.82) is 0 Å². The van der Waals surface area contributed by atoms with Crippen LogP contribution in [0.4, 0.5) is 4.79 Å². The van der Waals surface area contributed by atoms with Crippen molar-refractivity contribution in [2.45, 2.75) is 188 Å². The molecule has 13 amide bonds. The number of carbonyl (C=O) groups is 16. The van der Waals surface area contributed by atoms with Crippen molar-refractivity contribution in [3.8, 4) is 0 Å². The molecule has 110 heavy (non-hydrogen) atoms. The highest BCUT2D eigenvalue weighted by Crippen LogP contribution is 2.32. The van der Waals surface area contributed by atoms with Crippen LogP contribution in [0.3, 0.4) is 0 Å². The number of aliphatic carboxylic acids is 4. The van der Waals surface area contributed by atoms with Gasteiger partial charge in [0.05, 0.1) is 43.3 Å². The largest absolute Gasteiger partial charge is 0.481 e. The van der Waals surface area contributed by atoms with Gasteiger partial charge in [0.15, 0.2) is 0 Å². The minimum atomic E-state index is -1.68. The number of urea groups is 1. The van der Waals surface area contributed by atoms with Crippen LogP contribution >= 0.6 is 26.5 Å². The minimum absolute atomic E-state index is 0.0371. The van der Waals surface area contributed by atoms with Gasteiger partial charge in [-0.05, 0) is 108 Å². The van der Waals surface area contributed by atoms with Crippen LogP contribution in [0.5, 0.6) is 0 Å². The van der Waals surface area contributed by atoms with Gasteiger partial charge in [-0.25, -0.2) is 9.59 Å². The van der Waals surface area contributed by atoms with E-state index in [1.807, 2.05) is 19.2 Å². The van der Waals surface area contributed by atoms with E-state index in [4.69, 9.17) is 59.1 Å². The first-order chi connectivity index (χ1) is 51.6. The molecule has 2 rings (SSSR count). The van der Waals surface area contributed by atoms with Gasteiger partial charge in [-0.15, -0.1) is 0 Å². The Bertz CT molecular complexity index is 2960. The number of hydrogen-bond acceptors (Lipinski definition) is 27. The van der Waals surface area contributed by atoms with Crippen LogP contribution in [0.2, 0.25) is 27.3 Å². The molecule has 2 aliphatic heterocycles. The van der Waals surface area contributed by atoms with Gasteiger partial charge in [-0.1, -0.05) is 71.6 Å². The van der Waals surface area contributed by atoms with Crippen molar-refractivity contribution < 1.29 is 117 Å². The molecule has 0 spiro atoms. The molecule has 0 bridgehead atoms. The number of fused-ring (bicyclic) bond motifs is 1. The van der Waals surface area contributed by atoms with E-state index in [0.29, 0.717) is 65.0 Å². The molecule has 622 valence electrons. The molecule has 12 unspecified atom stereocenters. The number of thioether (sulfide) groups is 1. The summed E-state index contributed by atoms with van der Waals surface area (Å²) in [5.41, 5.74) is 0. The highest BCUT2D eigenvalue weighted by atomic mass is 32.4. The number of rotatable bonds is 49. The van der Waals surface area contributed by atoms with E-state index < -0.39 is 150 Å². The molecule has 25 N–H and O–H groups in total. The predicted molar refractivity (Wildman–Crippen MR) is 421 cm³/mol. The third-order valence-corrected chi connectivity index (χ3v) is 18.2. The number of nitrogens with one attached hydrogen (secondary N) is 17. The van der Waals surface area contributed by atoms with Crippen molar-refractivity contribution >= 4 is 173 Å². The molecule has 0 aliphatic carbocycles. The standard InChI is InChI=1S/C20H28N7O10PS2.C12H24BN4O4PS.C11H24BN3O3.C9H19BN2O4.C8H18BNO3/c28-12(2-11-17-10(7-40-11)26-20(37)27-17)22-4-13(29)21-3-9(24-14(30)6-38-39)19(36)25-8(1-15(31)32)18(35)23-5-16(33)34;1-4-8(11(19)14-5-2)17-12(20)9(6-15-13(3)21)16-10(18)7-22-23;1-5-9(11(17)13-6-2)15-10(16)8(3)7-14-12(4)18;1-4-7(9(14)15)12-8(13)6(2)5-11-10(3)16;1-7(8(11)12)5-3-4-6-10-9(2)13/h8-11,17H,1-7H2,(H,21,29)(H,22,28)(H,23,35)(H,24,30)(H,25,36)(H,31,32)(H,33,34)(H2,26,27,37);8-9,15,21H,4-7H2,1-3H3,(H,14,19)(H,16,18)(H,17,20);8-9,14,18H,5-7H2,1-4H3,(H,13,17)(H,15,16);6-7,11,16H,4-5H2,1-3H3,(H,12,13)(H,14,15);7,10,13H,3-6H2,1-2H3,(H,11,12). The fraction of sp³-hybridized carbons (Fsp3) is 0.733. The summed E-state index contributed by atoms with van der Waals surface area (Å²) in [7, 11) is -1.90. The van der Waals surface area contributed by atoms with Crippen molar-refractivity contribution in [3.05, 3.63) is 0 Å². The van der Waals surface area contributed by atoms with Crippen molar-refractivity contribution in [3.63, 3.8) is 0 Å². The summed E-state index contributed by atoms with van der Waals surface area (Å²) in [4.78, 5) is 187. The smallest absolute Gasteiger partial charge is 0.373 e. The lowest BCUT2D eigenvalue weighted by Gasteiger charge is -2.22. The Morgan fingerprint density at radius 1 is 0.464 bits per heavy atom. The van der Waals surface area contributed by atoms with Gasteiger partial charge in [-0.3, -0.25) is 67.1 Å². The first-order valence-corrected chi connectivity index (χ1v) is 40.8. The van der Waals surface area contributed by atoms with Crippen LogP contribution in [0, 0.1) is 17.8 Å². The quantitative estimate of drug-likeness (QED) is 0.0117. The average molecular weight is 1660 g/mol. The van der Waals surface area contributed by atoms with Gasteiger partial charge >= 0.3 is 58.1 Å². The molecule has 0 radical (unpaired) electrons. The number of hydrogen-bond donors (Lipinski definition) is 25. The summed E-state index contributed by atoms with van der Waals surface area (Å²) in [6, 6.07) is -6.63. The van der Waals surface area contributed by atoms with Crippen LogP contribution in [0.25, 0.3) is 0 Å². The number of amides is 13. The summed E-state index contributed by atoms with van der Waals surface area (Å²) in [5, 5.41) is 114. The topological polar surface area (TPSA) is 639 Å². The molecule has 2 saturated heterocycles. The molecule has 12 atom stereocenters. The molecular formula is C60H113B4N17O24P2S3. The maximum absolute atomic E-state index is 12.8. The highest BCUT2D eigenvalue weighted by Gasteiger charge is 2.44. The van der Waals surface area contributed by atoms with Gasteiger partial charge in [0.1, 0.15) is 42.8 Å². The van der Waals surface area contributed by atoms with Gasteiger partial charge in [0, 0.05) is 55.4 Å². The Morgan fingerprint density at radius 3 is 1.32 bits per heavy atom. The normalized spacial score (nSPS) is 16.0. The molecule has 0 aromatic carbocycles. The molecular weight excluding hydrogens is 1540 g/mol.